The van der Waals surface area contributed by atoms with Gasteiger partial charge in [0.1, 0.15) is 0 Å². The molecule has 4 heteroatoms. The molecule has 3 saturated heterocycles. The molecule has 1 N–H and O–H groups in total. The maximum absolute atomic E-state index is 11.6. The van der Waals surface area contributed by atoms with Crippen LogP contribution in [0.2, 0.25) is 0 Å². The van der Waals surface area contributed by atoms with Crippen molar-refractivity contribution in [1.82, 2.24) is 5.32 Å². The lowest BCUT2D eigenvalue weighted by molar-refractivity contribution is -0.131. The van der Waals surface area contributed by atoms with Gasteiger partial charge in [0.2, 0.25) is 11.8 Å². The Balaban J connectivity index is 2.05. The zero-order chi connectivity index (χ0) is 9.92. The molecule has 3 heterocycles. The number of amides is 2. The van der Waals surface area contributed by atoms with Crippen molar-refractivity contribution < 1.29 is 14.3 Å². The summed E-state index contributed by atoms with van der Waals surface area (Å²) in [6, 6.07) is 0. The summed E-state index contributed by atoms with van der Waals surface area (Å²) >= 11 is 0. The van der Waals surface area contributed by atoms with Crippen molar-refractivity contribution in [2.75, 3.05) is 0 Å². The predicted octanol–water partition coefficient (Wildman–Crippen LogP) is 0.217. The minimum atomic E-state index is -0.328. The summed E-state index contributed by atoms with van der Waals surface area (Å²) in [5.74, 6) is -0.654. The minimum Gasteiger partial charge on any atom is -0.370 e. The maximum atomic E-state index is 11.6. The topological polar surface area (TPSA) is 55.4 Å². The molecule has 4 nitrogen and oxygen atoms in total. The van der Waals surface area contributed by atoms with Gasteiger partial charge in [-0.25, -0.2) is 0 Å². The summed E-state index contributed by atoms with van der Waals surface area (Å²) in [5, 5.41) is 2.42. The molecule has 3 aliphatic heterocycles. The molecule has 0 spiro atoms. The van der Waals surface area contributed by atoms with Gasteiger partial charge < -0.3 is 4.74 Å². The number of carbonyl (C=O) groups is 2. The summed E-state index contributed by atoms with van der Waals surface area (Å²) in [7, 11) is 0. The molecule has 3 rings (SSSR count). The van der Waals surface area contributed by atoms with Crippen molar-refractivity contribution in [3.8, 4) is 0 Å². The molecule has 0 aromatic rings. The van der Waals surface area contributed by atoms with Gasteiger partial charge in [-0.05, 0) is 19.3 Å². The van der Waals surface area contributed by atoms with Crippen LogP contribution in [0.3, 0.4) is 0 Å². The van der Waals surface area contributed by atoms with Crippen LogP contribution in [0.4, 0.5) is 0 Å². The molecule has 14 heavy (non-hydrogen) atoms. The minimum absolute atomic E-state index is 0.00796. The maximum Gasteiger partial charge on any atom is 0.233 e. The molecular formula is C10H13NO3. The fraction of sp³-hybridized carbons (Fsp3) is 0.800. The zero-order valence-corrected chi connectivity index (χ0v) is 8.08. The van der Waals surface area contributed by atoms with Gasteiger partial charge in [-0.2, -0.15) is 0 Å². The Morgan fingerprint density at radius 3 is 3.00 bits per heavy atom. The van der Waals surface area contributed by atoms with E-state index in [4.69, 9.17) is 4.74 Å². The van der Waals surface area contributed by atoms with Gasteiger partial charge >= 0.3 is 0 Å². The average Bonchev–Trinajstić information content (AvgIpc) is 2.78. The molecule has 0 aliphatic carbocycles. The number of ether oxygens (including phenoxy) is 1. The Kier molecular flexibility index (Phi) is 1.42. The van der Waals surface area contributed by atoms with E-state index in [-0.39, 0.29) is 35.4 Å². The van der Waals surface area contributed by atoms with Crippen molar-refractivity contribution in [2.45, 2.75) is 37.9 Å². The van der Waals surface area contributed by atoms with Crippen LogP contribution in [0, 0.1) is 11.8 Å². The van der Waals surface area contributed by atoms with Gasteiger partial charge in [-0.3, -0.25) is 14.9 Å². The van der Waals surface area contributed by atoms with Gasteiger partial charge in [0.15, 0.2) is 0 Å². The standard InChI is InChI=1S/C10H13NO3/c1-2-10-4-3-5(14-10)6-7(10)9(13)11-8(6)12/h5-7H,2-4H2,1H3,(H,11,12,13). The van der Waals surface area contributed by atoms with Crippen LogP contribution < -0.4 is 5.32 Å². The van der Waals surface area contributed by atoms with E-state index in [9.17, 15) is 9.59 Å². The molecule has 0 radical (unpaired) electrons. The van der Waals surface area contributed by atoms with E-state index < -0.39 is 0 Å². The van der Waals surface area contributed by atoms with E-state index in [2.05, 4.69) is 5.32 Å². The van der Waals surface area contributed by atoms with E-state index in [1.54, 1.807) is 0 Å². The molecule has 0 aromatic carbocycles. The first-order chi connectivity index (χ1) is 6.68. The average molecular weight is 195 g/mol. The molecule has 3 aliphatic rings. The van der Waals surface area contributed by atoms with Crippen LogP contribution in [0.15, 0.2) is 0 Å². The van der Waals surface area contributed by atoms with Gasteiger partial charge in [0.25, 0.3) is 0 Å². The van der Waals surface area contributed by atoms with E-state index >= 15 is 0 Å². The van der Waals surface area contributed by atoms with Gasteiger partial charge in [0, 0.05) is 0 Å². The highest BCUT2D eigenvalue weighted by molar-refractivity contribution is 6.06. The van der Waals surface area contributed by atoms with Crippen molar-refractivity contribution in [3.05, 3.63) is 0 Å². The number of imide groups is 1. The largest absolute Gasteiger partial charge is 0.370 e. The third-order valence-corrected chi connectivity index (χ3v) is 3.99. The summed E-state index contributed by atoms with van der Waals surface area (Å²) in [6.45, 7) is 2.03. The molecule has 3 fully saturated rings. The Morgan fingerprint density at radius 1 is 1.50 bits per heavy atom. The fourth-order valence-electron chi connectivity index (χ4n) is 3.31. The van der Waals surface area contributed by atoms with Gasteiger partial charge in [-0.15, -0.1) is 0 Å². The first-order valence-corrected chi connectivity index (χ1v) is 5.20. The quantitative estimate of drug-likeness (QED) is 0.609. The lowest BCUT2D eigenvalue weighted by atomic mass is 9.72. The van der Waals surface area contributed by atoms with Crippen LogP contribution in [-0.2, 0) is 14.3 Å². The monoisotopic (exact) mass is 195 g/mol. The molecule has 4 atom stereocenters. The Labute approximate surface area is 82.0 Å². The number of fused-ring (bicyclic) bond motifs is 5. The Bertz CT molecular complexity index is 327. The van der Waals surface area contributed by atoms with E-state index in [1.807, 2.05) is 6.92 Å². The molecule has 2 bridgehead atoms. The van der Waals surface area contributed by atoms with Crippen LogP contribution in [0.1, 0.15) is 26.2 Å². The Hall–Kier alpha value is -0.900. The first kappa shape index (κ1) is 8.41. The van der Waals surface area contributed by atoms with Gasteiger partial charge in [0.05, 0.1) is 23.5 Å². The number of nitrogens with one attached hydrogen (secondary N) is 1. The summed E-state index contributed by atoms with van der Waals surface area (Å²) < 4.78 is 5.84. The van der Waals surface area contributed by atoms with Gasteiger partial charge in [-0.1, -0.05) is 6.92 Å². The van der Waals surface area contributed by atoms with Crippen LogP contribution in [0.25, 0.3) is 0 Å². The summed E-state index contributed by atoms with van der Waals surface area (Å²) in [4.78, 5) is 23.1. The number of hydrogen-bond acceptors (Lipinski definition) is 3. The second kappa shape index (κ2) is 2.37. The van der Waals surface area contributed by atoms with Crippen molar-refractivity contribution >= 4 is 11.8 Å². The highest BCUT2D eigenvalue weighted by Crippen LogP contribution is 2.54. The SMILES string of the molecule is CCC12CCC(O1)C1C(=O)NC(=O)C12. The van der Waals surface area contributed by atoms with E-state index in [0.717, 1.165) is 19.3 Å². The molecular weight excluding hydrogens is 182 g/mol. The normalized spacial score (nSPS) is 49.6. The lowest BCUT2D eigenvalue weighted by Crippen LogP contribution is -2.40. The van der Waals surface area contributed by atoms with Crippen LogP contribution in [0.5, 0.6) is 0 Å². The highest BCUT2D eigenvalue weighted by atomic mass is 16.5. The lowest BCUT2D eigenvalue weighted by Gasteiger charge is -2.28. The van der Waals surface area contributed by atoms with E-state index in [0.29, 0.717) is 0 Å². The highest BCUT2D eigenvalue weighted by Gasteiger charge is 2.66. The molecule has 0 aromatic heterocycles. The van der Waals surface area contributed by atoms with Crippen LogP contribution in [-0.4, -0.2) is 23.5 Å². The molecule has 2 amide bonds. The molecule has 4 unspecified atom stereocenters. The third-order valence-electron chi connectivity index (χ3n) is 3.99. The number of carbonyl (C=O) groups excluding carboxylic acids is 2. The fourth-order valence-corrected chi connectivity index (χ4v) is 3.31. The van der Waals surface area contributed by atoms with Crippen LogP contribution >= 0.6 is 0 Å². The summed E-state index contributed by atoms with van der Waals surface area (Å²) in [6.07, 6.45) is 2.67. The molecule has 76 valence electrons. The van der Waals surface area contributed by atoms with Crippen molar-refractivity contribution in [2.24, 2.45) is 11.8 Å². The second-order valence-corrected chi connectivity index (χ2v) is 4.47. The molecule has 0 saturated carbocycles. The summed E-state index contributed by atoms with van der Waals surface area (Å²) in [5.41, 5.74) is -0.328. The predicted molar refractivity (Wildman–Crippen MR) is 47.3 cm³/mol. The Morgan fingerprint density at radius 2 is 2.29 bits per heavy atom. The third kappa shape index (κ3) is 0.741. The van der Waals surface area contributed by atoms with Crippen molar-refractivity contribution in [3.63, 3.8) is 0 Å². The first-order valence-electron chi connectivity index (χ1n) is 5.20. The zero-order valence-electron chi connectivity index (χ0n) is 8.08. The smallest absolute Gasteiger partial charge is 0.233 e. The van der Waals surface area contributed by atoms with Crippen molar-refractivity contribution in [1.29, 1.82) is 0 Å². The number of rotatable bonds is 1. The number of hydrogen-bond donors (Lipinski definition) is 1. The second-order valence-electron chi connectivity index (χ2n) is 4.47. The van der Waals surface area contributed by atoms with E-state index in [1.165, 1.54) is 0 Å².